The van der Waals surface area contributed by atoms with Gasteiger partial charge in [0.15, 0.2) is 17.5 Å². The van der Waals surface area contributed by atoms with Crippen LogP contribution in [0.1, 0.15) is 22.6 Å². The van der Waals surface area contributed by atoms with Crippen LogP contribution in [0.15, 0.2) is 200 Å². The molecule has 0 atom stereocenters. The molecule has 0 saturated heterocycles. The first-order valence-electron chi connectivity index (χ1n) is 19.3. The Bertz CT molecular complexity index is 3060. The van der Waals surface area contributed by atoms with Gasteiger partial charge in [-0.15, -0.1) is 0 Å². The second kappa shape index (κ2) is 13.6. The lowest BCUT2D eigenvalue weighted by atomic mass is 9.89. The fraction of sp³-hybridized carbons (Fsp3) is 0.0189. The summed E-state index contributed by atoms with van der Waals surface area (Å²) in [6.07, 6.45) is 0. The van der Waals surface area contributed by atoms with Crippen LogP contribution in [-0.4, -0.2) is 19.9 Å². The van der Waals surface area contributed by atoms with Crippen LogP contribution in [0.25, 0.3) is 89.4 Å². The van der Waals surface area contributed by atoms with Crippen LogP contribution in [0.4, 0.5) is 0 Å². The predicted molar refractivity (Wildman–Crippen MR) is 233 cm³/mol. The van der Waals surface area contributed by atoms with Crippen molar-refractivity contribution in [2.75, 3.05) is 0 Å². The van der Waals surface area contributed by atoms with E-state index in [0.717, 1.165) is 60.8 Å². The highest BCUT2D eigenvalue weighted by molar-refractivity contribution is 6.14. The highest BCUT2D eigenvalue weighted by Gasteiger charge is 2.29. The third-order valence-electron chi connectivity index (χ3n) is 11.2. The van der Waals surface area contributed by atoms with E-state index in [1.165, 1.54) is 27.8 Å². The Morgan fingerprint density at radius 1 is 0.333 bits per heavy atom. The molecule has 2 aromatic heterocycles. The average Bonchev–Trinajstić information content (AvgIpc) is 3.63. The summed E-state index contributed by atoms with van der Waals surface area (Å²) >= 11 is 0. The Labute approximate surface area is 330 Å². The highest BCUT2D eigenvalue weighted by Crippen LogP contribution is 2.48. The van der Waals surface area contributed by atoms with E-state index >= 15 is 0 Å². The summed E-state index contributed by atoms with van der Waals surface area (Å²) in [5.74, 6) is 2.09. The molecule has 0 fully saturated rings. The van der Waals surface area contributed by atoms with Crippen LogP contribution < -0.4 is 0 Å². The van der Waals surface area contributed by atoms with Gasteiger partial charge in [-0.2, -0.15) is 0 Å². The third kappa shape index (κ3) is 5.78. The second-order valence-electron chi connectivity index (χ2n) is 14.6. The van der Waals surface area contributed by atoms with Gasteiger partial charge in [-0.1, -0.05) is 182 Å². The molecule has 8 aromatic carbocycles. The summed E-state index contributed by atoms with van der Waals surface area (Å²) in [7, 11) is 0. The molecule has 0 radical (unpaired) electrons. The summed E-state index contributed by atoms with van der Waals surface area (Å²) in [5, 5.41) is 3.35. The summed E-state index contributed by atoms with van der Waals surface area (Å²) in [6.45, 7) is 0. The van der Waals surface area contributed by atoms with E-state index in [0.29, 0.717) is 17.5 Å². The highest BCUT2D eigenvalue weighted by atomic mass is 15.0. The van der Waals surface area contributed by atoms with E-state index in [4.69, 9.17) is 19.9 Å². The minimum atomic E-state index is 0.177. The Morgan fingerprint density at radius 2 is 0.842 bits per heavy atom. The molecule has 0 spiro atoms. The van der Waals surface area contributed by atoms with E-state index in [2.05, 4.69) is 176 Å². The van der Waals surface area contributed by atoms with Gasteiger partial charge < -0.3 is 0 Å². The number of benzene rings is 8. The second-order valence-corrected chi connectivity index (χ2v) is 14.6. The van der Waals surface area contributed by atoms with E-state index in [-0.39, 0.29) is 5.92 Å². The Hall–Kier alpha value is -7.56. The number of rotatable bonds is 6. The molecule has 266 valence electrons. The van der Waals surface area contributed by atoms with Crippen molar-refractivity contribution in [3.8, 4) is 67.7 Å². The quantitative estimate of drug-likeness (QED) is 0.160. The molecule has 1 aliphatic carbocycles. The van der Waals surface area contributed by atoms with Gasteiger partial charge >= 0.3 is 0 Å². The van der Waals surface area contributed by atoms with E-state index in [9.17, 15) is 0 Å². The number of pyridine rings is 1. The molecule has 1 aliphatic rings. The van der Waals surface area contributed by atoms with Gasteiger partial charge in [0.05, 0.1) is 11.2 Å². The van der Waals surface area contributed by atoms with E-state index < -0.39 is 0 Å². The van der Waals surface area contributed by atoms with Gasteiger partial charge in [-0.3, -0.25) is 0 Å². The molecule has 2 heterocycles. The van der Waals surface area contributed by atoms with Gasteiger partial charge in [0.1, 0.15) is 0 Å². The van der Waals surface area contributed by atoms with Gasteiger partial charge in [0.25, 0.3) is 0 Å². The Morgan fingerprint density at radius 3 is 1.47 bits per heavy atom. The van der Waals surface area contributed by atoms with Gasteiger partial charge in [-0.25, -0.2) is 19.9 Å². The van der Waals surface area contributed by atoms with Crippen LogP contribution in [0, 0.1) is 0 Å². The number of aromatic nitrogens is 4. The van der Waals surface area contributed by atoms with E-state index in [1.807, 2.05) is 24.3 Å². The lowest BCUT2D eigenvalue weighted by molar-refractivity contribution is 1.01. The summed E-state index contributed by atoms with van der Waals surface area (Å²) in [4.78, 5) is 20.4. The number of nitrogens with zero attached hydrogens (tertiary/aromatic N) is 4. The largest absolute Gasteiger partial charge is 0.248 e. The van der Waals surface area contributed by atoms with Crippen LogP contribution in [-0.2, 0) is 0 Å². The lowest BCUT2D eigenvalue weighted by Gasteiger charge is -2.15. The van der Waals surface area contributed by atoms with Crippen LogP contribution >= 0.6 is 0 Å². The standard InChI is InChI=1S/C53H34N4/c1-4-14-34(15-5-1)46-33-48(35-16-6-2-7-17-35)54-47-31-29-39-32-40(28-30-41(39)50(46)47)53-56-51(37-18-8-3-9-19-37)55-52(57-53)38-26-24-36(25-27-38)49-44-22-12-10-20-42(44)43-21-11-13-23-45(43)49/h1-33,49H. The fourth-order valence-corrected chi connectivity index (χ4v) is 8.50. The molecule has 4 heteroatoms. The normalized spacial score (nSPS) is 12.1. The molecule has 0 bridgehead atoms. The Kier molecular flexibility index (Phi) is 7.85. The van der Waals surface area contributed by atoms with Crippen LogP contribution in [0.3, 0.4) is 0 Å². The van der Waals surface area contributed by atoms with Crippen molar-refractivity contribution in [2.45, 2.75) is 5.92 Å². The topological polar surface area (TPSA) is 51.6 Å². The predicted octanol–water partition coefficient (Wildman–Crippen LogP) is 13.1. The molecule has 0 amide bonds. The molecule has 57 heavy (non-hydrogen) atoms. The van der Waals surface area contributed by atoms with Crippen LogP contribution in [0.2, 0.25) is 0 Å². The summed E-state index contributed by atoms with van der Waals surface area (Å²) in [5.41, 5.74) is 14.7. The summed E-state index contributed by atoms with van der Waals surface area (Å²) < 4.78 is 0. The van der Waals surface area contributed by atoms with Crippen molar-refractivity contribution in [2.24, 2.45) is 0 Å². The number of fused-ring (bicyclic) bond motifs is 6. The Balaban J connectivity index is 1.03. The van der Waals surface area contributed by atoms with Crippen molar-refractivity contribution >= 4 is 21.7 Å². The molecule has 0 aliphatic heterocycles. The minimum absolute atomic E-state index is 0.177. The fourth-order valence-electron chi connectivity index (χ4n) is 8.50. The summed E-state index contributed by atoms with van der Waals surface area (Å²) in [6, 6.07) is 70.5. The van der Waals surface area contributed by atoms with Gasteiger partial charge in [0.2, 0.25) is 0 Å². The first-order valence-corrected chi connectivity index (χ1v) is 19.3. The monoisotopic (exact) mass is 726 g/mol. The zero-order chi connectivity index (χ0) is 37.7. The number of hydrogen-bond donors (Lipinski definition) is 0. The molecule has 0 N–H and O–H groups in total. The van der Waals surface area contributed by atoms with Gasteiger partial charge in [-0.05, 0) is 67.9 Å². The molecular formula is C53H34N4. The maximum absolute atomic E-state index is 5.17. The number of hydrogen-bond acceptors (Lipinski definition) is 4. The van der Waals surface area contributed by atoms with Crippen molar-refractivity contribution < 1.29 is 0 Å². The van der Waals surface area contributed by atoms with Gasteiger partial charge in [0, 0.05) is 33.6 Å². The molecule has 11 rings (SSSR count). The molecule has 0 saturated carbocycles. The minimum Gasteiger partial charge on any atom is -0.248 e. The van der Waals surface area contributed by atoms with E-state index in [1.54, 1.807) is 0 Å². The lowest BCUT2D eigenvalue weighted by Crippen LogP contribution is -2.01. The average molecular weight is 727 g/mol. The molecule has 4 nitrogen and oxygen atoms in total. The molecule has 10 aromatic rings. The third-order valence-corrected chi connectivity index (χ3v) is 11.2. The van der Waals surface area contributed by atoms with Crippen molar-refractivity contribution in [1.82, 2.24) is 19.9 Å². The first kappa shape index (κ1) is 32.8. The zero-order valence-corrected chi connectivity index (χ0v) is 30.9. The maximum Gasteiger partial charge on any atom is 0.164 e. The SMILES string of the molecule is c1ccc(-c2cc(-c3ccccc3)c3c(ccc4cc(-c5nc(-c6ccccc6)nc(-c6ccc(C7c8ccccc8-c8ccccc87)cc6)n5)ccc43)n2)cc1. The first-order chi connectivity index (χ1) is 28.2. The molecular weight excluding hydrogens is 693 g/mol. The van der Waals surface area contributed by atoms with Crippen molar-refractivity contribution in [3.05, 3.63) is 217 Å². The van der Waals surface area contributed by atoms with Crippen molar-refractivity contribution in [1.29, 1.82) is 0 Å². The van der Waals surface area contributed by atoms with Crippen LogP contribution in [0.5, 0.6) is 0 Å². The maximum atomic E-state index is 5.17. The molecule has 0 unspecified atom stereocenters. The van der Waals surface area contributed by atoms with Crippen molar-refractivity contribution in [3.63, 3.8) is 0 Å². The zero-order valence-electron chi connectivity index (χ0n) is 30.9. The smallest absolute Gasteiger partial charge is 0.164 e.